The number of hydrogen-bond acceptors (Lipinski definition) is 5. The van der Waals surface area contributed by atoms with Crippen LogP contribution in [0, 0.1) is 0 Å². The lowest BCUT2D eigenvalue weighted by molar-refractivity contribution is -0.115. The number of nitrogens with one attached hydrogen (secondary N) is 1. The van der Waals surface area contributed by atoms with Gasteiger partial charge in [0.15, 0.2) is 5.13 Å². The standard InChI is InChI=1S/C16H20N2O3S/c1-10(2)14-9-17-16(22-14)18-15(19)8-11-7-12(20-3)5-6-13(11)21-4/h5-7,9-10H,8H2,1-4H3,(H,17,18,19). The summed E-state index contributed by atoms with van der Waals surface area (Å²) in [6.45, 7) is 4.19. The van der Waals surface area contributed by atoms with E-state index in [4.69, 9.17) is 9.47 Å². The number of amides is 1. The van der Waals surface area contributed by atoms with Crippen molar-refractivity contribution in [1.29, 1.82) is 0 Å². The SMILES string of the molecule is COc1ccc(OC)c(CC(=O)Nc2ncc(C(C)C)s2)c1. The summed E-state index contributed by atoms with van der Waals surface area (Å²) in [5.41, 5.74) is 0.778. The second kappa shape index (κ2) is 7.26. The summed E-state index contributed by atoms with van der Waals surface area (Å²) < 4.78 is 10.5. The first-order valence-electron chi connectivity index (χ1n) is 7.00. The van der Waals surface area contributed by atoms with Crippen molar-refractivity contribution < 1.29 is 14.3 Å². The number of anilines is 1. The smallest absolute Gasteiger partial charge is 0.230 e. The number of benzene rings is 1. The van der Waals surface area contributed by atoms with Gasteiger partial charge in [0.05, 0.1) is 20.6 Å². The van der Waals surface area contributed by atoms with E-state index in [-0.39, 0.29) is 12.3 Å². The third kappa shape index (κ3) is 3.98. The van der Waals surface area contributed by atoms with Gasteiger partial charge in [-0.25, -0.2) is 4.98 Å². The fraction of sp³-hybridized carbons (Fsp3) is 0.375. The zero-order chi connectivity index (χ0) is 16.1. The molecule has 1 aromatic carbocycles. The maximum Gasteiger partial charge on any atom is 0.230 e. The molecule has 0 aliphatic rings. The lowest BCUT2D eigenvalue weighted by Crippen LogP contribution is -2.14. The molecule has 0 atom stereocenters. The summed E-state index contributed by atoms with van der Waals surface area (Å²) in [5, 5.41) is 3.45. The van der Waals surface area contributed by atoms with Gasteiger partial charge in [-0.15, -0.1) is 11.3 Å². The Morgan fingerprint density at radius 1 is 1.32 bits per heavy atom. The minimum Gasteiger partial charge on any atom is -0.497 e. The second-order valence-corrected chi connectivity index (χ2v) is 6.19. The number of carbonyl (C=O) groups excluding carboxylic acids is 1. The Morgan fingerprint density at radius 3 is 2.68 bits per heavy atom. The molecule has 0 radical (unpaired) electrons. The maximum atomic E-state index is 12.2. The van der Waals surface area contributed by atoms with Gasteiger partial charge < -0.3 is 14.8 Å². The molecule has 2 rings (SSSR count). The van der Waals surface area contributed by atoms with E-state index in [1.165, 1.54) is 11.3 Å². The Kier molecular flexibility index (Phi) is 5.38. The molecule has 1 aromatic heterocycles. The summed E-state index contributed by atoms with van der Waals surface area (Å²) in [7, 11) is 3.17. The van der Waals surface area contributed by atoms with Crippen LogP contribution in [0.5, 0.6) is 11.5 Å². The van der Waals surface area contributed by atoms with Gasteiger partial charge in [0.2, 0.25) is 5.91 Å². The van der Waals surface area contributed by atoms with Crippen LogP contribution in [-0.2, 0) is 11.2 Å². The van der Waals surface area contributed by atoms with E-state index in [2.05, 4.69) is 24.1 Å². The van der Waals surface area contributed by atoms with Crippen LogP contribution < -0.4 is 14.8 Å². The number of carbonyl (C=O) groups is 1. The minimum atomic E-state index is -0.129. The minimum absolute atomic E-state index is 0.129. The van der Waals surface area contributed by atoms with E-state index in [1.54, 1.807) is 38.6 Å². The molecule has 1 amide bonds. The molecular weight excluding hydrogens is 300 g/mol. The van der Waals surface area contributed by atoms with E-state index in [9.17, 15) is 4.79 Å². The van der Waals surface area contributed by atoms with Crippen molar-refractivity contribution >= 4 is 22.4 Å². The number of ether oxygens (including phenoxy) is 2. The van der Waals surface area contributed by atoms with Crippen molar-refractivity contribution in [2.24, 2.45) is 0 Å². The number of methoxy groups -OCH3 is 2. The third-order valence-corrected chi connectivity index (χ3v) is 4.39. The molecule has 0 saturated carbocycles. The number of hydrogen-bond donors (Lipinski definition) is 1. The van der Waals surface area contributed by atoms with Gasteiger partial charge in [0.25, 0.3) is 0 Å². The van der Waals surface area contributed by atoms with E-state index in [0.29, 0.717) is 22.5 Å². The van der Waals surface area contributed by atoms with Crippen molar-refractivity contribution in [2.75, 3.05) is 19.5 Å². The van der Waals surface area contributed by atoms with E-state index in [0.717, 1.165) is 10.4 Å². The summed E-state index contributed by atoms with van der Waals surface area (Å²) in [6.07, 6.45) is 2.01. The molecule has 1 heterocycles. The Bertz CT molecular complexity index is 653. The fourth-order valence-corrected chi connectivity index (χ4v) is 2.80. The lowest BCUT2D eigenvalue weighted by Gasteiger charge is -2.10. The molecular formula is C16H20N2O3S. The number of aromatic nitrogens is 1. The number of rotatable bonds is 6. The zero-order valence-corrected chi connectivity index (χ0v) is 14.0. The topological polar surface area (TPSA) is 60.5 Å². The van der Waals surface area contributed by atoms with Crippen LogP contribution in [0.1, 0.15) is 30.2 Å². The molecule has 2 aromatic rings. The van der Waals surface area contributed by atoms with Gasteiger partial charge >= 0.3 is 0 Å². The number of thiazole rings is 1. The summed E-state index contributed by atoms with van der Waals surface area (Å²) in [6, 6.07) is 5.40. The largest absolute Gasteiger partial charge is 0.497 e. The average Bonchev–Trinajstić information content (AvgIpc) is 2.95. The highest BCUT2D eigenvalue weighted by molar-refractivity contribution is 7.15. The zero-order valence-electron chi connectivity index (χ0n) is 13.2. The molecule has 6 heteroatoms. The van der Waals surface area contributed by atoms with Crippen molar-refractivity contribution in [2.45, 2.75) is 26.2 Å². The molecule has 0 aliphatic carbocycles. The normalized spacial score (nSPS) is 10.6. The molecule has 118 valence electrons. The summed E-state index contributed by atoms with van der Waals surface area (Å²) >= 11 is 1.50. The van der Waals surface area contributed by atoms with Crippen molar-refractivity contribution in [3.8, 4) is 11.5 Å². The highest BCUT2D eigenvalue weighted by Gasteiger charge is 2.13. The Labute approximate surface area is 134 Å². The van der Waals surface area contributed by atoms with Crippen LogP contribution in [0.15, 0.2) is 24.4 Å². The van der Waals surface area contributed by atoms with Crippen LogP contribution in [0.3, 0.4) is 0 Å². The van der Waals surface area contributed by atoms with Crippen molar-refractivity contribution in [1.82, 2.24) is 4.98 Å². The van der Waals surface area contributed by atoms with Gasteiger partial charge in [-0.2, -0.15) is 0 Å². The molecule has 22 heavy (non-hydrogen) atoms. The van der Waals surface area contributed by atoms with Gasteiger partial charge in [0.1, 0.15) is 11.5 Å². The first-order valence-corrected chi connectivity index (χ1v) is 7.81. The molecule has 0 saturated heterocycles. The first kappa shape index (κ1) is 16.3. The van der Waals surface area contributed by atoms with Crippen LogP contribution in [-0.4, -0.2) is 25.1 Å². The first-order chi connectivity index (χ1) is 10.5. The molecule has 0 bridgehead atoms. The van der Waals surface area contributed by atoms with Crippen LogP contribution in [0.4, 0.5) is 5.13 Å². The summed E-state index contributed by atoms with van der Waals surface area (Å²) in [5.74, 6) is 1.63. The predicted molar refractivity (Wildman–Crippen MR) is 88.1 cm³/mol. The highest BCUT2D eigenvalue weighted by Crippen LogP contribution is 2.27. The fourth-order valence-electron chi connectivity index (χ4n) is 1.97. The van der Waals surface area contributed by atoms with Gasteiger partial charge in [-0.1, -0.05) is 13.8 Å². The van der Waals surface area contributed by atoms with Gasteiger partial charge in [-0.3, -0.25) is 4.79 Å². The molecule has 0 fully saturated rings. The molecule has 0 spiro atoms. The van der Waals surface area contributed by atoms with E-state index in [1.807, 2.05) is 0 Å². The molecule has 1 N–H and O–H groups in total. The quantitative estimate of drug-likeness (QED) is 0.885. The Morgan fingerprint density at radius 2 is 2.09 bits per heavy atom. The van der Waals surface area contributed by atoms with Crippen LogP contribution in [0.25, 0.3) is 0 Å². The van der Waals surface area contributed by atoms with Gasteiger partial charge in [0, 0.05) is 16.6 Å². The van der Waals surface area contributed by atoms with E-state index >= 15 is 0 Å². The van der Waals surface area contributed by atoms with Crippen molar-refractivity contribution in [3.05, 3.63) is 34.8 Å². The van der Waals surface area contributed by atoms with Gasteiger partial charge in [-0.05, 0) is 24.1 Å². The van der Waals surface area contributed by atoms with Crippen LogP contribution >= 0.6 is 11.3 Å². The van der Waals surface area contributed by atoms with Crippen LogP contribution in [0.2, 0.25) is 0 Å². The number of nitrogens with zero attached hydrogens (tertiary/aromatic N) is 1. The maximum absolute atomic E-state index is 12.2. The Balaban J connectivity index is 2.07. The van der Waals surface area contributed by atoms with E-state index < -0.39 is 0 Å². The monoisotopic (exact) mass is 320 g/mol. The van der Waals surface area contributed by atoms with Crippen molar-refractivity contribution in [3.63, 3.8) is 0 Å². The highest BCUT2D eigenvalue weighted by atomic mass is 32.1. The summed E-state index contributed by atoms with van der Waals surface area (Å²) in [4.78, 5) is 17.6. The lowest BCUT2D eigenvalue weighted by atomic mass is 10.1. The predicted octanol–water partition coefficient (Wildman–Crippen LogP) is 3.46. The second-order valence-electron chi connectivity index (χ2n) is 5.13. The molecule has 0 aliphatic heterocycles. The third-order valence-electron chi connectivity index (χ3n) is 3.18. The molecule has 0 unspecified atom stereocenters. The molecule has 5 nitrogen and oxygen atoms in total. The average molecular weight is 320 g/mol. The Hall–Kier alpha value is -2.08.